The molecule has 0 aliphatic carbocycles. The van der Waals surface area contributed by atoms with Crippen molar-refractivity contribution in [2.24, 2.45) is 0 Å². The van der Waals surface area contributed by atoms with Crippen molar-refractivity contribution in [2.75, 3.05) is 35.0 Å². The second-order valence-corrected chi connectivity index (χ2v) is 6.59. The number of methoxy groups -OCH3 is 4. The highest BCUT2D eigenvalue weighted by Crippen LogP contribution is 2.39. The van der Waals surface area contributed by atoms with Crippen LogP contribution in [0.3, 0.4) is 0 Å². The van der Waals surface area contributed by atoms with E-state index in [1.165, 1.54) is 21.3 Å². The molecule has 152 valence electrons. The van der Waals surface area contributed by atoms with E-state index in [2.05, 4.69) is 5.32 Å². The molecular formula is C21H27NO6. The fraction of sp³-hybridized carbons (Fsp3) is 0.381. The Morgan fingerprint density at radius 2 is 1.57 bits per heavy atom. The molecule has 0 spiro atoms. The van der Waals surface area contributed by atoms with Crippen molar-refractivity contribution in [3.05, 3.63) is 47.5 Å². The zero-order valence-corrected chi connectivity index (χ0v) is 16.9. The number of nitrogens with one attached hydrogen (secondary N) is 1. The van der Waals surface area contributed by atoms with Crippen molar-refractivity contribution in [1.82, 2.24) is 5.32 Å². The predicted molar refractivity (Wildman–Crippen MR) is 106 cm³/mol. The second kappa shape index (κ2) is 9.32. The first-order chi connectivity index (χ1) is 13.3. The summed E-state index contributed by atoms with van der Waals surface area (Å²) >= 11 is 0. The van der Waals surface area contributed by atoms with E-state index in [-0.39, 0.29) is 18.2 Å². The number of aliphatic hydroxyl groups is 1. The maximum Gasteiger partial charge on any atom is 0.255 e. The lowest BCUT2D eigenvalue weighted by atomic mass is 9.96. The van der Waals surface area contributed by atoms with Crippen LogP contribution in [-0.2, 0) is 6.42 Å². The van der Waals surface area contributed by atoms with Gasteiger partial charge < -0.3 is 29.4 Å². The lowest BCUT2D eigenvalue weighted by molar-refractivity contribution is 0.0551. The molecule has 2 aromatic rings. The van der Waals surface area contributed by atoms with Crippen LogP contribution in [0.1, 0.15) is 22.8 Å². The van der Waals surface area contributed by atoms with Crippen molar-refractivity contribution in [1.29, 1.82) is 0 Å². The molecule has 2 N–H and O–H groups in total. The van der Waals surface area contributed by atoms with Crippen LogP contribution in [0.4, 0.5) is 0 Å². The zero-order chi connectivity index (χ0) is 20.7. The minimum Gasteiger partial charge on any atom is -0.497 e. The first-order valence-corrected chi connectivity index (χ1v) is 8.77. The molecule has 2 aromatic carbocycles. The molecule has 0 aliphatic rings. The van der Waals surface area contributed by atoms with Gasteiger partial charge in [0.25, 0.3) is 5.91 Å². The van der Waals surface area contributed by atoms with Crippen molar-refractivity contribution < 1.29 is 28.8 Å². The van der Waals surface area contributed by atoms with Crippen LogP contribution in [0.5, 0.6) is 23.0 Å². The Morgan fingerprint density at radius 3 is 2.11 bits per heavy atom. The van der Waals surface area contributed by atoms with E-state index < -0.39 is 5.60 Å². The number of hydrogen-bond acceptors (Lipinski definition) is 6. The summed E-state index contributed by atoms with van der Waals surface area (Å²) in [5, 5.41) is 13.4. The fourth-order valence-electron chi connectivity index (χ4n) is 2.89. The summed E-state index contributed by atoms with van der Waals surface area (Å²) in [5.41, 5.74) is 0.0951. The van der Waals surface area contributed by atoms with E-state index in [0.29, 0.717) is 23.5 Å². The van der Waals surface area contributed by atoms with Crippen LogP contribution >= 0.6 is 0 Å². The van der Waals surface area contributed by atoms with Gasteiger partial charge in [0.05, 0.1) is 39.6 Å². The number of ether oxygens (including phenoxy) is 4. The molecule has 7 heteroatoms. The van der Waals surface area contributed by atoms with E-state index in [1.807, 2.05) is 24.3 Å². The highest BCUT2D eigenvalue weighted by Gasteiger charge is 2.25. The maximum absolute atomic E-state index is 12.7. The largest absolute Gasteiger partial charge is 0.497 e. The number of carbonyl (C=O) groups is 1. The van der Waals surface area contributed by atoms with Gasteiger partial charge in [-0.1, -0.05) is 12.1 Å². The molecule has 1 amide bonds. The van der Waals surface area contributed by atoms with Crippen molar-refractivity contribution in [3.8, 4) is 23.0 Å². The molecule has 0 aromatic heterocycles. The molecular weight excluding hydrogens is 362 g/mol. The standard InChI is InChI=1S/C21H27NO6/c1-21(24,12-14-6-8-15(25-2)9-7-14)13-22-20(23)16-10-11-17(26-3)19(28-5)18(16)27-4/h6-11,24H,12-13H2,1-5H3,(H,22,23). The molecule has 0 saturated carbocycles. The van der Waals surface area contributed by atoms with Gasteiger partial charge in [0.1, 0.15) is 5.75 Å². The third-order valence-electron chi connectivity index (χ3n) is 4.32. The molecule has 0 fully saturated rings. The molecule has 2 rings (SSSR count). The first kappa shape index (κ1) is 21.4. The van der Waals surface area contributed by atoms with Gasteiger partial charge in [-0.25, -0.2) is 0 Å². The summed E-state index contributed by atoms with van der Waals surface area (Å²) in [7, 11) is 6.03. The summed E-state index contributed by atoms with van der Waals surface area (Å²) in [6, 6.07) is 10.6. The molecule has 0 saturated heterocycles. The van der Waals surface area contributed by atoms with Gasteiger partial charge in [0.15, 0.2) is 11.5 Å². The van der Waals surface area contributed by atoms with Gasteiger partial charge in [0.2, 0.25) is 5.75 Å². The minimum absolute atomic E-state index is 0.0648. The van der Waals surface area contributed by atoms with Gasteiger partial charge in [-0.2, -0.15) is 0 Å². The smallest absolute Gasteiger partial charge is 0.255 e. The molecule has 0 heterocycles. The summed E-state index contributed by atoms with van der Waals surface area (Å²) in [6.45, 7) is 1.73. The van der Waals surface area contributed by atoms with Gasteiger partial charge in [-0.3, -0.25) is 4.79 Å². The maximum atomic E-state index is 12.7. The van der Waals surface area contributed by atoms with Crippen LogP contribution in [0.2, 0.25) is 0 Å². The Bertz CT molecular complexity index is 801. The van der Waals surface area contributed by atoms with Crippen LogP contribution in [0.25, 0.3) is 0 Å². The van der Waals surface area contributed by atoms with E-state index >= 15 is 0 Å². The normalized spacial score (nSPS) is 12.6. The quantitative estimate of drug-likeness (QED) is 0.685. The second-order valence-electron chi connectivity index (χ2n) is 6.59. The van der Waals surface area contributed by atoms with Crippen molar-refractivity contribution in [3.63, 3.8) is 0 Å². The van der Waals surface area contributed by atoms with Crippen LogP contribution < -0.4 is 24.3 Å². The molecule has 0 aliphatic heterocycles. The molecule has 1 unspecified atom stereocenters. The Kier molecular flexibility index (Phi) is 7.12. The topological polar surface area (TPSA) is 86.3 Å². The molecule has 0 bridgehead atoms. The van der Waals surface area contributed by atoms with Gasteiger partial charge in [-0.15, -0.1) is 0 Å². The summed E-state index contributed by atoms with van der Waals surface area (Å²) in [6.07, 6.45) is 0.375. The third-order valence-corrected chi connectivity index (χ3v) is 4.32. The Hall–Kier alpha value is -2.93. The lowest BCUT2D eigenvalue weighted by Crippen LogP contribution is -2.42. The zero-order valence-electron chi connectivity index (χ0n) is 16.9. The van der Waals surface area contributed by atoms with E-state index in [4.69, 9.17) is 18.9 Å². The molecule has 28 heavy (non-hydrogen) atoms. The molecule has 7 nitrogen and oxygen atoms in total. The van der Waals surface area contributed by atoms with Crippen LogP contribution in [0.15, 0.2) is 36.4 Å². The first-order valence-electron chi connectivity index (χ1n) is 8.77. The van der Waals surface area contributed by atoms with Crippen molar-refractivity contribution >= 4 is 5.91 Å². The number of hydrogen-bond donors (Lipinski definition) is 2. The van der Waals surface area contributed by atoms with E-state index in [9.17, 15) is 9.90 Å². The van der Waals surface area contributed by atoms with Gasteiger partial charge in [0, 0.05) is 13.0 Å². The van der Waals surface area contributed by atoms with Gasteiger partial charge in [-0.05, 0) is 36.8 Å². The fourth-order valence-corrected chi connectivity index (χ4v) is 2.89. The predicted octanol–water partition coefficient (Wildman–Crippen LogP) is 2.44. The summed E-state index contributed by atoms with van der Waals surface area (Å²) in [4.78, 5) is 12.7. The number of rotatable bonds is 9. The SMILES string of the molecule is COc1ccc(CC(C)(O)CNC(=O)c2ccc(OC)c(OC)c2OC)cc1. The minimum atomic E-state index is -1.13. The Balaban J connectivity index is 2.09. The highest BCUT2D eigenvalue weighted by molar-refractivity contribution is 5.98. The monoisotopic (exact) mass is 389 g/mol. The number of carbonyl (C=O) groups excluding carboxylic acids is 1. The van der Waals surface area contributed by atoms with Crippen LogP contribution in [0, 0.1) is 0 Å². The van der Waals surface area contributed by atoms with E-state index in [1.54, 1.807) is 26.2 Å². The average molecular weight is 389 g/mol. The van der Waals surface area contributed by atoms with E-state index in [0.717, 1.165) is 11.3 Å². The van der Waals surface area contributed by atoms with Gasteiger partial charge >= 0.3 is 0 Å². The summed E-state index contributed by atoms with van der Waals surface area (Å²) < 4.78 is 21.0. The number of amides is 1. The van der Waals surface area contributed by atoms with Crippen molar-refractivity contribution in [2.45, 2.75) is 18.9 Å². The summed E-state index contributed by atoms with van der Waals surface area (Å²) in [5.74, 6) is 1.43. The molecule has 0 radical (unpaired) electrons. The highest BCUT2D eigenvalue weighted by atomic mass is 16.5. The third kappa shape index (κ3) is 5.07. The Morgan fingerprint density at radius 1 is 0.929 bits per heavy atom. The Labute approximate surface area is 165 Å². The average Bonchev–Trinajstić information content (AvgIpc) is 2.71. The lowest BCUT2D eigenvalue weighted by Gasteiger charge is -2.24. The van der Waals surface area contributed by atoms with Crippen LogP contribution in [-0.4, -0.2) is 51.6 Å². The molecule has 1 atom stereocenters. The number of benzene rings is 2.